The first-order valence-electron chi connectivity index (χ1n) is 3.21. The third kappa shape index (κ3) is 2.02. The van der Waals surface area contributed by atoms with Crippen molar-refractivity contribution in [2.45, 2.75) is 17.9 Å². The van der Waals surface area contributed by atoms with Crippen molar-refractivity contribution >= 4 is 27.3 Å². The minimum atomic E-state index is -3.25. The van der Waals surface area contributed by atoms with Gasteiger partial charge in [-0.05, 0) is 39.9 Å². The lowest BCUT2D eigenvalue weighted by Crippen LogP contribution is -2.17. The summed E-state index contributed by atoms with van der Waals surface area (Å²) in [5, 5.41) is 10.8. The first-order chi connectivity index (χ1) is 5.43. The summed E-state index contributed by atoms with van der Waals surface area (Å²) < 4.78 is 25.1. The van der Waals surface area contributed by atoms with Crippen LogP contribution in [-0.2, 0) is 0 Å². The Labute approximate surface area is 81.2 Å². The maximum absolute atomic E-state index is 12.5. The van der Waals surface area contributed by atoms with E-state index in [0.29, 0.717) is 10.4 Å². The number of aliphatic hydroxyl groups is 1. The molecule has 0 spiro atoms. The number of rotatable bonds is 2. The van der Waals surface area contributed by atoms with Crippen LogP contribution >= 0.6 is 27.3 Å². The molecule has 0 saturated carbocycles. The van der Waals surface area contributed by atoms with Crippen LogP contribution < -0.4 is 0 Å². The molecule has 12 heavy (non-hydrogen) atoms. The smallest absolute Gasteiger partial charge is 0.331 e. The van der Waals surface area contributed by atoms with Gasteiger partial charge in [-0.25, -0.2) is 0 Å². The van der Waals surface area contributed by atoms with E-state index in [2.05, 4.69) is 15.9 Å². The molecule has 1 nitrogen and oxygen atoms in total. The van der Waals surface area contributed by atoms with E-state index in [-0.39, 0.29) is 0 Å². The number of hydrogen-bond donors (Lipinski definition) is 1. The van der Waals surface area contributed by atoms with E-state index < -0.39 is 10.9 Å². The van der Waals surface area contributed by atoms with Crippen molar-refractivity contribution in [3.8, 4) is 0 Å². The van der Waals surface area contributed by atoms with Crippen LogP contribution in [0, 0.1) is 6.92 Å². The zero-order valence-electron chi connectivity index (χ0n) is 6.22. The Kier molecular flexibility index (Phi) is 2.85. The molecule has 0 radical (unpaired) electrons. The average molecular weight is 257 g/mol. The molecule has 0 fully saturated rings. The molecule has 0 aliphatic heterocycles. The Bertz CT molecular complexity index is 269. The molecule has 0 aliphatic rings. The number of aryl methyl sites for hydroxylation is 1. The molecule has 5 heteroatoms. The summed E-state index contributed by atoms with van der Waals surface area (Å²) >= 11 is 3.25. The maximum Gasteiger partial charge on any atom is 0.331 e. The quantitative estimate of drug-likeness (QED) is 0.807. The van der Waals surface area contributed by atoms with E-state index in [9.17, 15) is 8.78 Å². The summed E-state index contributed by atoms with van der Waals surface area (Å²) in [7, 11) is 0. The molecule has 0 aliphatic carbocycles. The van der Waals surface area contributed by atoms with E-state index in [1.165, 1.54) is 0 Å². The lowest BCUT2D eigenvalue weighted by Gasteiger charge is -2.15. The number of hydrogen-bond acceptors (Lipinski definition) is 2. The molecule has 0 saturated heterocycles. The number of aliphatic hydroxyl groups excluding tert-OH is 1. The molecule has 68 valence electrons. The van der Waals surface area contributed by atoms with Crippen molar-refractivity contribution in [2.75, 3.05) is 0 Å². The standard InChI is InChI=1S/C7H7BrF2OS/c1-4-2-3-12-5(4)6(11)7(8,9)10/h2-3,6,11H,1H3. The van der Waals surface area contributed by atoms with Gasteiger partial charge >= 0.3 is 4.83 Å². The number of halogens is 3. The van der Waals surface area contributed by atoms with Gasteiger partial charge in [0.2, 0.25) is 0 Å². The Morgan fingerprint density at radius 2 is 2.25 bits per heavy atom. The van der Waals surface area contributed by atoms with Crippen molar-refractivity contribution in [2.24, 2.45) is 0 Å². The van der Waals surface area contributed by atoms with Crippen LogP contribution in [0.1, 0.15) is 16.5 Å². The maximum atomic E-state index is 12.5. The monoisotopic (exact) mass is 256 g/mol. The van der Waals surface area contributed by atoms with Crippen LogP contribution in [0.3, 0.4) is 0 Å². The summed E-state index contributed by atoms with van der Waals surface area (Å²) in [4.78, 5) is -2.94. The number of thiophene rings is 1. The van der Waals surface area contributed by atoms with Gasteiger partial charge < -0.3 is 5.11 Å². The summed E-state index contributed by atoms with van der Waals surface area (Å²) in [6.07, 6.45) is -1.75. The van der Waals surface area contributed by atoms with Crippen molar-refractivity contribution < 1.29 is 13.9 Å². The molecule has 1 heterocycles. The Balaban J connectivity index is 2.92. The molecule has 1 unspecified atom stereocenters. The van der Waals surface area contributed by atoms with Gasteiger partial charge in [-0.1, -0.05) is 0 Å². The van der Waals surface area contributed by atoms with Gasteiger partial charge in [0.15, 0.2) is 6.10 Å². The van der Waals surface area contributed by atoms with Gasteiger partial charge in [0, 0.05) is 4.88 Å². The highest BCUT2D eigenvalue weighted by atomic mass is 79.9. The van der Waals surface area contributed by atoms with Crippen molar-refractivity contribution in [1.29, 1.82) is 0 Å². The Morgan fingerprint density at radius 1 is 1.67 bits per heavy atom. The van der Waals surface area contributed by atoms with Crippen molar-refractivity contribution in [3.05, 3.63) is 21.9 Å². The zero-order valence-corrected chi connectivity index (χ0v) is 8.62. The fourth-order valence-electron chi connectivity index (χ4n) is 0.813. The first-order valence-corrected chi connectivity index (χ1v) is 4.89. The predicted molar refractivity (Wildman–Crippen MR) is 47.9 cm³/mol. The molecular formula is C7H7BrF2OS. The summed E-state index contributed by atoms with van der Waals surface area (Å²) in [6, 6.07) is 1.70. The van der Waals surface area contributed by atoms with Crippen molar-refractivity contribution in [1.82, 2.24) is 0 Å². The second-order valence-electron chi connectivity index (χ2n) is 2.41. The molecule has 1 rings (SSSR count). The predicted octanol–water partition coefficient (Wildman–Crippen LogP) is 3.08. The highest BCUT2D eigenvalue weighted by molar-refractivity contribution is 9.10. The second kappa shape index (κ2) is 3.40. The molecule has 1 atom stereocenters. The van der Waals surface area contributed by atoms with Crippen LogP contribution in [0.25, 0.3) is 0 Å². The molecular weight excluding hydrogens is 250 g/mol. The fourth-order valence-corrected chi connectivity index (χ4v) is 2.14. The van der Waals surface area contributed by atoms with Gasteiger partial charge in [0.25, 0.3) is 0 Å². The Morgan fingerprint density at radius 3 is 2.58 bits per heavy atom. The third-order valence-electron chi connectivity index (χ3n) is 1.46. The van der Waals surface area contributed by atoms with Gasteiger partial charge in [-0.15, -0.1) is 11.3 Å². The lowest BCUT2D eigenvalue weighted by atomic mass is 10.2. The van der Waals surface area contributed by atoms with E-state index in [0.717, 1.165) is 11.3 Å². The molecule has 1 aromatic rings. The minimum absolute atomic E-state index is 0.303. The molecule has 0 amide bonds. The average Bonchev–Trinajstić information content (AvgIpc) is 2.31. The molecule has 0 bridgehead atoms. The van der Waals surface area contributed by atoms with Gasteiger partial charge in [0.1, 0.15) is 0 Å². The highest BCUT2D eigenvalue weighted by Gasteiger charge is 2.37. The molecule has 1 N–H and O–H groups in total. The SMILES string of the molecule is Cc1ccsc1C(O)C(F)(F)Br. The summed E-state index contributed by atoms with van der Waals surface area (Å²) in [6.45, 7) is 1.69. The van der Waals surface area contributed by atoms with Crippen LogP contribution in [0.4, 0.5) is 8.78 Å². The largest absolute Gasteiger partial charge is 0.380 e. The van der Waals surface area contributed by atoms with Gasteiger partial charge in [0.05, 0.1) is 0 Å². The van der Waals surface area contributed by atoms with Gasteiger partial charge in [-0.3, -0.25) is 0 Å². The topological polar surface area (TPSA) is 20.2 Å². The normalized spacial score (nSPS) is 14.8. The molecule has 1 aromatic heterocycles. The van der Waals surface area contributed by atoms with E-state index >= 15 is 0 Å². The Hall–Kier alpha value is -0.0000000000000000555. The second-order valence-corrected chi connectivity index (χ2v) is 4.42. The highest BCUT2D eigenvalue weighted by Crippen LogP contribution is 2.39. The van der Waals surface area contributed by atoms with Crippen LogP contribution in [0.2, 0.25) is 0 Å². The minimum Gasteiger partial charge on any atom is -0.380 e. The number of alkyl halides is 3. The molecule has 0 aromatic carbocycles. The first kappa shape index (κ1) is 10.1. The zero-order chi connectivity index (χ0) is 9.35. The third-order valence-corrected chi connectivity index (χ3v) is 2.97. The van der Waals surface area contributed by atoms with Crippen LogP contribution in [0.15, 0.2) is 11.4 Å². The fraction of sp³-hybridized carbons (Fsp3) is 0.429. The lowest BCUT2D eigenvalue weighted by molar-refractivity contribution is -0.0277. The van der Waals surface area contributed by atoms with E-state index in [1.807, 2.05) is 0 Å². The van der Waals surface area contributed by atoms with Crippen molar-refractivity contribution in [3.63, 3.8) is 0 Å². The summed E-state index contributed by atoms with van der Waals surface area (Å²) in [5.41, 5.74) is 0.687. The van der Waals surface area contributed by atoms with E-state index in [1.54, 1.807) is 18.4 Å². The van der Waals surface area contributed by atoms with Crippen LogP contribution in [0.5, 0.6) is 0 Å². The van der Waals surface area contributed by atoms with Crippen LogP contribution in [-0.4, -0.2) is 9.94 Å². The van der Waals surface area contributed by atoms with E-state index in [4.69, 9.17) is 5.11 Å². The summed E-state index contributed by atoms with van der Waals surface area (Å²) in [5.74, 6) is 0. The van der Waals surface area contributed by atoms with Gasteiger partial charge in [-0.2, -0.15) is 8.78 Å².